The first kappa shape index (κ1) is 9.90. The van der Waals surface area contributed by atoms with E-state index in [9.17, 15) is 4.79 Å². The summed E-state index contributed by atoms with van der Waals surface area (Å²) in [5.41, 5.74) is 2.50. The van der Waals surface area contributed by atoms with E-state index in [1.807, 2.05) is 12.1 Å². The maximum atomic E-state index is 10.6. The minimum Gasteiger partial charge on any atom is -0.342 e. The van der Waals surface area contributed by atoms with Crippen LogP contribution in [0.25, 0.3) is 11.0 Å². The van der Waals surface area contributed by atoms with Gasteiger partial charge < -0.3 is 4.98 Å². The molecule has 1 N–H and O–H groups in total. The summed E-state index contributed by atoms with van der Waals surface area (Å²) in [4.78, 5) is 18.3. The maximum Gasteiger partial charge on any atom is 0.150 e. The van der Waals surface area contributed by atoms with Crippen molar-refractivity contribution in [3.8, 4) is 0 Å². The average Bonchev–Trinajstić information content (AvgIpc) is 2.59. The number of nitrogens with one attached hydrogen (secondary N) is 1. The molecular weight excluding hydrogens is 188 g/mol. The zero-order valence-corrected chi connectivity index (χ0v) is 9.16. The third-order valence-electron chi connectivity index (χ3n) is 2.35. The smallest absolute Gasteiger partial charge is 0.150 e. The van der Waals surface area contributed by atoms with Crippen molar-refractivity contribution in [1.29, 1.82) is 0 Å². The molecule has 78 valence electrons. The number of hydrogen-bond donors (Lipinski definition) is 1. The topological polar surface area (TPSA) is 45.8 Å². The molecule has 0 unspecified atom stereocenters. The van der Waals surface area contributed by atoms with E-state index in [-0.39, 0.29) is 5.41 Å². The highest BCUT2D eigenvalue weighted by Gasteiger charge is 2.17. The monoisotopic (exact) mass is 202 g/mol. The Kier molecular flexibility index (Phi) is 2.11. The van der Waals surface area contributed by atoms with E-state index >= 15 is 0 Å². The standard InChI is InChI=1S/C12H14N2O/c1-12(2,3)11-13-9-5-4-8(7-15)6-10(9)14-11/h4-7H,1-3H3,(H,13,14). The molecule has 0 saturated heterocycles. The fourth-order valence-electron chi connectivity index (χ4n) is 1.46. The Morgan fingerprint density at radius 3 is 2.67 bits per heavy atom. The second kappa shape index (κ2) is 3.19. The summed E-state index contributed by atoms with van der Waals surface area (Å²) in [5, 5.41) is 0. The maximum absolute atomic E-state index is 10.6. The number of hydrogen-bond acceptors (Lipinski definition) is 2. The Balaban J connectivity index is 2.61. The predicted octanol–water partition coefficient (Wildman–Crippen LogP) is 2.67. The van der Waals surface area contributed by atoms with Gasteiger partial charge in [0.05, 0.1) is 11.0 Å². The Bertz CT molecular complexity index is 506. The van der Waals surface area contributed by atoms with E-state index in [0.29, 0.717) is 5.56 Å². The average molecular weight is 202 g/mol. The number of benzene rings is 1. The summed E-state index contributed by atoms with van der Waals surface area (Å²) in [6, 6.07) is 5.47. The molecule has 1 aromatic heterocycles. The van der Waals surface area contributed by atoms with Crippen LogP contribution in [-0.4, -0.2) is 16.3 Å². The van der Waals surface area contributed by atoms with Crippen molar-refractivity contribution in [1.82, 2.24) is 9.97 Å². The van der Waals surface area contributed by atoms with Crippen LogP contribution >= 0.6 is 0 Å². The number of aromatic amines is 1. The third kappa shape index (κ3) is 1.77. The molecule has 2 aromatic rings. The van der Waals surface area contributed by atoms with Crippen LogP contribution in [0.15, 0.2) is 18.2 Å². The van der Waals surface area contributed by atoms with Crippen LogP contribution in [0.2, 0.25) is 0 Å². The van der Waals surface area contributed by atoms with Gasteiger partial charge in [0.1, 0.15) is 12.1 Å². The highest BCUT2D eigenvalue weighted by atomic mass is 16.1. The summed E-state index contributed by atoms with van der Waals surface area (Å²) >= 11 is 0. The first-order valence-electron chi connectivity index (χ1n) is 4.96. The lowest BCUT2D eigenvalue weighted by molar-refractivity contribution is 0.112. The van der Waals surface area contributed by atoms with Crippen molar-refractivity contribution < 1.29 is 4.79 Å². The molecule has 3 nitrogen and oxygen atoms in total. The van der Waals surface area contributed by atoms with Crippen molar-refractivity contribution in [2.75, 3.05) is 0 Å². The molecular formula is C12H14N2O. The Morgan fingerprint density at radius 1 is 1.33 bits per heavy atom. The van der Waals surface area contributed by atoms with Gasteiger partial charge in [-0.2, -0.15) is 0 Å². The number of H-pyrrole nitrogens is 1. The minimum atomic E-state index is 0.000359. The lowest BCUT2D eigenvalue weighted by atomic mass is 9.96. The Hall–Kier alpha value is -1.64. The zero-order valence-electron chi connectivity index (χ0n) is 9.16. The van der Waals surface area contributed by atoms with Gasteiger partial charge in [-0.25, -0.2) is 4.98 Å². The van der Waals surface area contributed by atoms with Crippen molar-refractivity contribution in [3.05, 3.63) is 29.6 Å². The second-order valence-corrected chi connectivity index (χ2v) is 4.73. The van der Waals surface area contributed by atoms with Crippen molar-refractivity contribution in [2.45, 2.75) is 26.2 Å². The molecule has 3 heteroatoms. The van der Waals surface area contributed by atoms with Gasteiger partial charge in [0.2, 0.25) is 0 Å². The number of carbonyl (C=O) groups excluding carboxylic acids is 1. The molecule has 0 bridgehead atoms. The van der Waals surface area contributed by atoms with Gasteiger partial charge in [-0.3, -0.25) is 4.79 Å². The summed E-state index contributed by atoms with van der Waals surface area (Å²) < 4.78 is 0. The number of aromatic nitrogens is 2. The van der Waals surface area contributed by atoms with E-state index in [1.165, 1.54) is 0 Å². The van der Waals surface area contributed by atoms with Gasteiger partial charge in [0.15, 0.2) is 0 Å². The lowest BCUT2D eigenvalue weighted by Gasteiger charge is -2.13. The minimum absolute atomic E-state index is 0.000359. The number of aldehydes is 1. The Morgan fingerprint density at radius 2 is 2.07 bits per heavy atom. The quantitative estimate of drug-likeness (QED) is 0.722. The van der Waals surface area contributed by atoms with E-state index in [0.717, 1.165) is 23.1 Å². The van der Waals surface area contributed by atoms with Crippen LogP contribution in [0.3, 0.4) is 0 Å². The molecule has 0 atom stereocenters. The Labute approximate surface area is 88.5 Å². The molecule has 0 aliphatic rings. The highest BCUT2D eigenvalue weighted by molar-refractivity contribution is 5.84. The summed E-state index contributed by atoms with van der Waals surface area (Å²) in [5.74, 6) is 0.945. The molecule has 0 fully saturated rings. The number of fused-ring (bicyclic) bond motifs is 1. The van der Waals surface area contributed by atoms with Crippen LogP contribution in [0.5, 0.6) is 0 Å². The van der Waals surface area contributed by atoms with Crippen LogP contribution < -0.4 is 0 Å². The van der Waals surface area contributed by atoms with Gasteiger partial charge >= 0.3 is 0 Å². The summed E-state index contributed by atoms with van der Waals surface area (Å²) in [7, 11) is 0. The molecule has 0 saturated carbocycles. The predicted molar refractivity (Wildman–Crippen MR) is 60.2 cm³/mol. The van der Waals surface area contributed by atoms with E-state index in [1.54, 1.807) is 6.07 Å². The SMILES string of the molecule is CC(C)(C)c1nc2ccc(C=O)cc2[nH]1. The number of nitrogens with zero attached hydrogens (tertiary/aromatic N) is 1. The van der Waals surface area contributed by atoms with Crippen molar-refractivity contribution >= 4 is 17.3 Å². The highest BCUT2D eigenvalue weighted by Crippen LogP contribution is 2.22. The molecule has 0 aliphatic carbocycles. The number of imidazole rings is 1. The first-order chi connectivity index (χ1) is 7.00. The summed E-state index contributed by atoms with van der Waals surface area (Å²) in [6.07, 6.45) is 0.844. The fraction of sp³-hybridized carbons (Fsp3) is 0.333. The number of carbonyl (C=O) groups is 1. The van der Waals surface area contributed by atoms with E-state index in [2.05, 4.69) is 30.7 Å². The van der Waals surface area contributed by atoms with E-state index in [4.69, 9.17) is 0 Å². The van der Waals surface area contributed by atoms with Gasteiger partial charge in [-0.15, -0.1) is 0 Å². The van der Waals surface area contributed by atoms with E-state index < -0.39 is 0 Å². The normalized spacial score (nSPS) is 11.9. The number of rotatable bonds is 1. The third-order valence-corrected chi connectivity index (χ3v) is 2.35. The van der Waals surface area contributed by atoms with Crippen LogP contribution in [0.1, 0.15) is 37.0 Å². The second-order valence-electron chi connectivity index (χ2n) is 4.73. The van der Waals surface area contributed by atoms with Gasteiger partial charge in [-0.05, 0) is 18.2 Å². The lowest BCUT2D eigenvalue weighted by Crippen LogP contribution is -2.12. The largest absolute Gasteiger partial charge is 0.342 e. The molecule has 2 rings (SSSR count). The summed E-state index contributed by atoms with van der Waals surface area (Å²) in [6.45, 7) is 6.31. The van der Waals surface area contributed by atoms with Gasteiger partial charge in [0.25, 0.3) is 0 Å². The molecule has 1 heterocycles. The van der Waals surface area contributed by atoms with Crippen molar-refractivity contribution in [3.63, 3.8) is 0 Å². The first-order valence-corrected chi connectivity index (χ1v) is 4.96. The molecule has 0 radical (unpaired) electrons. The molecule has 1 aromatic carbocycles. The van der Waals surface area contributed by atoms with Crippen molar-refractivity contribution in [2.24, 2.45) is 0 Å². The molecule has 0 aliphatic heterocycles. The van der Waals surface area contributed by atoms with Crippen LogP contribution in [0, 0.1) is 0 Å². The zero-order chi connectivity index (χ0) is 11.1. The van der Waals surface area contributed by atoms with Gasteiger partial charge in [-0.1, -0.05) is 20.8 Å². The molecule has 0 spiro atoms. The molecule has 15 heavy (non-hydrogen) atoms. The molecule has 0 amide bonds. The van der Waals surface area contributed by atoms with Crippen LogP contribution in [-0.2, 0) is 5.41 Å². The van der Waals surface area contributed by atoms with Crippen LogP contribution in [0.4, 0.5) is 0 Å². The van der Waals surface area contributed by atoms with Gasteiger partial charge in [0, 0.05) is 11.0 Å². The fourth-order valence-corrected chi connectivity index (χ4v) is 1.46.